The van der Waals surface area contributed by atoms with Crippen LogP contribution < -0.4 is 4.74 Å². The molecule has 3 aliphatic rings. The molecule has 0 aromatic heterocycles. The highest BCUT2D eigenvalue weighted by Gasteiger charge is 2.49. The van der Waals surface area contributed by atoms with Gasteiger partial charge in [0, 0.05) is 78.2 Å². The van der Waals surface area contributed by atoms with Gasteiger partial charge >= 0.3 is 11.9 Å². The number of alkyl halides is 3. The van der Waals surface area contributed by atoms with Gasteiger partial charge in [0.25, 0.3) is 0 Å². The summed E-state index contributed by atoms with van der Waals surface area (Å²) in [7, 11) is 1.61. The summed E-state index contributed by atoms with van der Waals surface area (Å²) in [4.78, 5) is 41.3. The molecule has 2 aromatic carbocycles. The summed E-state index contributed by atoms with van der Waals surface area (Å²) in [5.41, 5.74) is 0.0285. The van der Waals surface area contributed by atoms with Gasteiger partial charge in [0.05, 0.1) is 10.5 Å². The molecule has 2 aromatic rings. The minimum atomic E-state index is -4.80. The van der Waals surface area contributed by atoms with Crippen LogP contribution in [0.5, 0.6) is 11.5 Å². The molecule has 46 heavy (non-hydrogen) atoms. The van der Waals surface area contributed by atoms with Crippen molar-refractivity contribution in [3.63, 3.8) is 0 Å². The standard InChI is InChI=1S/C34H36ClF3N2O6/c1-32(2)15-23-30(25(41)17-32)29(31-24(39(23)11-6-12-45-5)16-33(3,4)18-26(31)42)21-14-20(35)8-10-27(21)46-28-9-7-19(34(36,37)38)13-22(28)40(43)44/h7-10,13-14,29H,6,11-12,15-18H2,1-5H3. The molecular formula is C34H36ClF3N2O6. The lowest BCUT2D eigenvalue weighted by atomic mass is 9.63. The van der Waals surface area contributed by atoms with Gasteiger partial charge in [0.2, 0.25) is 5.75 Å². The number of nitro groups is 1. The first kappa shape index (κ1) is 33.7. The average molecular weight is 661 g/mol. The van der Waals surface area contributed by atoms with Gasteiger partial charge in [-0.2, -0.15) is 13.2 Å². The van der Waals surface area contributed by atoms with E-state index in [1.807, 2.05) is 27.7 Å². The van der Waals surface area contributed by atoms with Crippen LogP contribution in [0.25, 0.3) is 0 Å². The van der Waals surface area contributed by atoms with Crippen molar-refractivity contribution >= 4 is 28.9 Å². The zero-order valence-corrected chi connectivity index (χ0v) is 27.1. The van der Waals surface area contributed by atoms with Crippen LogP contribution in [-0.4, -0.2) is 41.7 Å². The second kappa shape index (κ2) is 12.2. The van der Waals surface area contributed by atoms with Crippen LogP contribution in [0, 0.1) is 20.9 Å². The van der Waals surface area contributed by atoms with Gasteiger partial charge in [-0.15, -0.1) is 0 Å². The number of allylic oxidation sites excluding steroid dienone is 4. The van der Waals surface area contributed by atoms with E-state index in [2.05, 4.69) is 4.90 Å². The molecule has 0 bridgehead atoms. The molecule has 0 amide bonds. The molecule has 0 saturated carbocycles. The lowest BCUT2D eigenvalue weighted by molar-refractivity contribution is -0.385. The number of benzene rings is 2. The zero-order valence-electron chi connectivity index (χ0n) is 26.3. The molecule has 246 valence electrons. The number of hydrogen-bond acceptors (Lipinski definition) is 7. The molecule has 5 rings (SSSR count). The predicted molar refractivity (Wildman–Crippen MR) is 166 cm³/mol. The maximum Gasteiger partial charge on any atom is 0.416 e. The molecule has 2 aliphatic carbocycles. The van der Waals surface area contributed by atoms with Gasteiger partial charge < -0.3 is 14.4 Å². The summed E-state index contributed by atoms with van der Waals surface area (Å²) in [6.45, 7) is 9.10. The van der Waals surface area contributed by atoms with Gasteiger partial charge in [0.15, 0.2) is 11.6 Å². The number of ketones is 2. The minimum absolute atomic E-state index is 0.0408. The minimum Gasteiger partial charge on any atom is -0.450 e. The predicted octanol–water partition coefficient (Wildman–Crippen LogP) is 8.78. The zero-order chi connectivity index (χ0) is 33.8. The van der Waals surface area contributed by atoms with Crippen molar-refractivity contribution in [2.24, 2.45) is 10.8 Å². The molecule has 0 radical (unpaired) electrons. The van der Waals surface area contributed by atoms with Crippen molar-refractivity contribution in [3.05, 3.63) is 85.2 Å². The molecule has 12 heteroatoms. The number of nitro benzene ring substituents is 1. The van der Waals surface area contributed by atoms with Gasteiger partial charge in [-0.1, -0.05) is 39.3 Å². The third kappa shape index (κ3) is 6.57. The number of rotatable bonds is 8. The van der Waals surface area contributed by atoms with E-state index in [0.717, 1.165) is 17.5 Å². The molecule has 0 atom stereocenters. The topological polar surface area (TPSA) is 99.0 Å². The van der Waals surface area contributed by atoms with Crippen molar-refractivity contribution in [1.29, 1.82) is 0 Å². The van der Waals surface area contributed by atoms with Crippen molar-refractivity contribution in [2.45, 2.75) is 71.9 Å². The Morgan fingerprint density at radius 3 is 2.02 bits per heavy atom. The number of nitrogens with zero attached hydrogens (tertiary/aromatic N) is 2. The van der Waals surface area contributed by atoms with Crippen LogP contribution >= 0.6 is 11.6 Å². The van der Waals surface area contributed by atoms with Crippen molar-refractivity contribution in [2.75, 3.05) is 20.3 Å². The average Bonchev–Trinajstić information content (AvgIpc) is 2.92. The Bertz CT molecular complexity index is 1620. The fourth-order valence-corrected chi connectivity index (χ4v) is 7.06. The first-order valence-corrected chi connectivity index (χ1v) is 15.4. The summed E-state index contributed by atoms with van der Waals surface area (Å²) in [5.74, 6) is -1.54. The second-order valence-corrected chi connectivity index (χ2v) is 14.2. The Hall–Kier alpha value is -3.70. The van der Waals surface area contributed by atoms with Crippen LogP contribution in [0.15, 0.2) is 58.9 Å². The van der Waals surface area contributed by atoms with Crippen molar-refractivity contribution < 1.29 is 37.2 Å². The fourth-order valence-electron chi connectivity index (χ4n) is 6.87. The number of carbonyl (C=O) groups is 2. The number of ether oxygens (including phenoxy) is 2. The molecule has 0 spiro atoms. The maximum absolute atomic E-state index is 14.1. The van der Waals surface area contributed by atoms with Gasteiger partial charge in [-0.3, -0.25) is 19.7 Å². The lowest BCUT2D eigenvalue weighted by Crippen LogP contribution is -2.44. The number of hydrogen-bond donors (Lipinski definition) is 0. The van der Waals surface area contributed by atoms with Crippen LogP contribution in [0.4, 0.5) is 18.9 Å². The lowest BCUT2D eigenvalue weighted by Gasteiger charge is -2.49. The summed E-state index contributed by atoms with van der Waals surface area (Å²) in [6, 6.07) is 6.53. The van der Waals surface area contributed by atoms with Gasteiger partial charge in [-0.05, 0) is 60.4 Å². The molecule has 0 saturated heterocycles. The number of Topliss-reactive ketones (excluding diaryl/α,β-unsaturated/α-hetero) is 2. The summed E-state index contributed by atoms with van der Waals surface area (Å²) >= 11 is 6.50. The highest BCUT2D eigenvalue weighted by molar-refractivity contribution is 6.30. The van der Waals surface area contributed by atoms with Crippen LogP contribution in [0.1, 0.15) is 76.8 Å². The highest BCUT2D eigenvalue weighted by atomic mass is 35.5. The number of halogens is 4. The maximum atomic E-state index is 14.1. The van der Waals surface area contributed by atoms with Crippen molar-refractivity contribution in [1.82, 2.24) is 4.90 Å². The molecule has 1 aliphatic heterocycles. The third-order valence-corrected chi connectivity index (χ3v) is 8.97. The Balaban J connectivity index is 1.74. The van der Waals surface area contributed by atoms with E-state index in [0.29, 0.717) is 61.3 Å². The van der Waals surface area contributed by atoms with E-state index in [-0.39, 0.29) is 46.0 Å². The van der Waals surface area contributed by atoms with E-state index >= 15 is 0 Å². The molecular weight excluding hydrogens is 625 g/mol. The smallest absolute Gasteiger partial charge is 0.416 e. The molecule has 0 fully saturated rings. The largest absolute Gasteiger partial charge is 0.450 e. The quantitative estimate of drug-likeness (QED) is 0.159. The molecule has 0 unspecified atom stereocenters. The van der Waals surface area contributed by atoms with E-state index < -0.39 is 34.0 Å². The van der Waals surface area contributed by atoms with Crippen LogP contribution in [0.3, 0.4) is 0 Å². The molecule has 0 N–H and O–H groups in total. The Morgan fingerprint density at radius 1 is 0.935 bits per heavy atom. The second-order valence-electron chi connectivity index (χ2n) is 13.8. The van der Waals surface area contributed by atoms with E-state index in [4.69, 9.17) is 21.1 Å². The van der Waals surface area contributed by atoms with Crippen LogP contribution in [-0.2, 0) is 20.5 Å². The van der Waals surface area contributed by atoms with Crippen molar-refractivity contribution in [3.8, 4) is 11.5 Å². The van der Waals surface area contributed by atoms with E-state index in [1.54, 1.807) is 13.2 Å². The number of carbonyl (C=O) groups excluding carboxylic acids is 2. The normalized spacial score (nSPS) is 19.7. The fraction of sp³-hybridized carbons (Fsp3) is 0.471. The number of methoxy groups -OCH3 is 1. The van der Waals surface area contributed by atoms with Gasteiger partial charge in [0.1, 0.15) is 5.75 Å². The Labute approximate surface area is 270 Å². The highest BCUT2D eigenvalue weighted by Crippen LogP contribution is 2.56. The summed E-state index contributed by atoms with van der Waals surface area (Å²) < 4.78 is 51.6. The first-order valence-electron chi connectivity index (χ1n) is 15.0. The SMILES string of the molecule is COCCCN1C2=C(C(=O)CC(C)(C)C2)C(c2cc(Cl)ccc2Oc2ccc(C(F)(F)F)cc2[N+](=O)[O-])C2=C1CC(C)(C)CC2=O. The van der Waals surface area contributed by atoms with E-state index in [1.165, 1.54) is 12.1 Å². The van der Waals surface area contributed by atoms with E-state index in [9.17, 15) is 32.9 Å². The Morgan fingerprint density at radius 2 is 1.50 bits per heavy atom. The summed E-state index contributed by atoms with van der Waals surface area (Å²) in [5, 5.41) is 12.1. The third-order valence-electron chi connectivity index (χ3n) is 8.74. The molecule has 8 nitrogen and oxygen atoms in total. The van der Waals surface area contributed by atoms with Gasteiger partial charge in [-0.25, -0.2) is 0 Å². The molecule has 1 heterocycles. The monoisotopic (exact) mass is 660 g/mol. The Kier molecular flexibility index (Phi) is 8.89. The summed E-state index contributed by atoms with van der Waals surface area (Å²) in [6.07, 6.45) is -2.56. The van der Waals surface area contributed by atoms with Crippen LogP contribution in [0.2, 0.25) is 5.02 Å². The first-order chi connectivity index (χ1) is 21.4.